The number of methoxy groups -OCH3 is 1. The monoisotopic (exact) mass is 318 g/mol. The quantitative estimate of drug-likeness (QED) is 0.861. The molecule has 0 spiro atoms. The molecule has 1 aromatic rings. The molecular weight excluding hydrogens is 288 g/mol. The molecule has 0 aliphatic carbocycles. The molecule has 0 saturated carbocycles. The van der Waals surface area contributed by atoms with E-state index in [-0.39, 0.29) is 0 Å². The van der Waals surface area contributed by atoms with Crippen molar-refractivity contribution < 1.29 is 4.74 Å². The zero-order valence-corrected chi connectivity index (χ0v) is 14.7. The van der Waals surface area contributed by atoms with Crippen molar-refractivity contribution in [2.45, 2.75) is 25.8 Å². The summed E-state index contributed by atoms with van der Waals surface area (Å²) in [5, 5.41) is 0. The molecule has 2 saturated heterocycles. The average molecular weight is 318 g/mol. The summed E-state index contributed by atoms with van der Waals surface area (Å²) < 4.78 is 5.47. The minimum absolute atomic E-state index is 0.723. The molecule has 2 aliphatic rings. The summed E-state index contributed by atoms with van der Waals surface area (Å²) in [6, 6.07) is 4.85. The Bertz CT molecular complexity index is 532. The van der Waals surface area contributed by atoms with Gasteiger partial charge in [0.2, 0.25) is 0 Å². The maximum absolute atomic E-state index is 6.01. The van der Waals surface area contributed by atoms with Crippen molar-refractivity contribution in [1.82, 2.24) is 9.80 Å². The van der Waals surface area contributed by atoms with Crippen LogP contribution in [-0.4, -0.2) is 69.3 Å². The van der Waals surface area contributed by atoms with Gasteiger partial charge in [-0.25, -0.2) is 0 Å². The Kier molecular flexibility index (Phi) is 4.97. The highest BCUT2D eigenvalue weighted by Crippen LogP contribution is 2.35. The van der Waals surface area contributed by atoms with Crippen LogP contribution in [0.1, 0.15) is 18.4 Å². The number of nitrogen functional groups attached to an aromatic ring is 1. The summed E-state index contributed by atoms with van der Waals surface area (Å²) in [6.07, 6.45) is 2.49. The summed E-state index contributed by atoms with van der Waals surface area (Å²) in [6.45, 7) is 9.18. The second-order valence-electron chi connectivity index (χ2n) is 6.89. The van der Waals surface area contributed by atoms with E-state index in [1.165, 1.54) is 44.7 Å². The van der Waals surface area contributed by atoms with Crippen molar-refractivity contribution in [3.05, 3.63) is 17.7 Å². The molecule has 0 unspecified atom stereocenters. The Balaban J connectivity index is 1.63. The van der Waals surface area contributed by atoms with E-state index >= 15 is 0 Å². The smallest absolute Gasteiger partial charge is 0.146 e. The highest BCUT2D eigenvalue weighted by Gasteiger charge is 2.27. The van der Waals surface area contributed by atoms with Crippen LogP contribution >= 0.6 is 0 Å². The Labute approximate surface area is 140 Å². The third kappa shape index (κ3) is 3.40. The summed E-state index contributed by atoms with van der Waals surface area (Å²) in [4.78, 5) is 7.60. The minimum atomic E-state index is 0.723. The van der Waals surface area contributed by atoms with Gasteiger partial charge in [0.25, 0.3) is 0 Å². The Morgan fingerprint density at radius 1 is 1.04 bits per heavy atom. The molecule has 2 fully saturated rings. The molecule has 5 heteroatoms. The molecule has 0 radical (unpaired) electrons. The third-order valence-electron chi connectivity index (χ3n) is 5.47. The molecule has 2 N–H and O–H groups in total. The van der Waals surface area contributed by atoms with Crippen LogP contribution in [0.2, 0.25) is 0 Å². The number of piperidine rings is 1. The fourth-order valence-corrected chi connectivity index (χ4v) is 3.97. The first-order valence-corrected chi connectivity index (χ1v) is 8.70. The largest absolute Gasteiger partial charge is 0.494 e. The number of ether oxygens (including phenoxy) is 1. The van der Waals surface area contributed by atoms with E-state index in [0.29, 0.717) is 0 Å². The molecule has 2 aliphatic heterocycles. The van der Waals surface area contributed by atoms with Gasteiger partial charge in [-0.05, 0) is 38.9 Å². The molecule has 23 heavy (non-hydrogen) atoms. The number of hydrogen-bond acceptors (Lipinski definition) is 5. The first kappa shape index (κ1) is 16.4. The highest BCUT2D eigenvalue weighted by molar-refractivity contribution is 5.68. The van der Waals surface area contributed by atoms with Gasteiger partial charge in [0.05, 0.1) is 12.8 Å². The second kappa shape index (κ2) is 6.97. The van der Waals surface area contributed by atoms with Crippen molar-refractivity contribution in [2.24, 2.45) is 0 Å². The minimum Gasteiger partial charge on any atom is -0.494 e. The maximum Gasteiger partial charge on any atom is 0.146 e. The van der Waals surface area contributed by atoms with Crippen LogP contribution in [0, 0.1) is 6.92 Å². The zero-order chi connectivity index (χ0) is 16.4. The molecule has 0 aromatic heterocycles. The lowest BCUT2D eigenvalue weighted by atomic mass is 10.0. The van der Waals surface area contributed by atoms with Gasteiger partial charge in [-0.1, -0.05) is 0 Å². The first-order valence-electron chi connectivity index (χ1n) is 8.70. The van der Waals surface area contributed by atoms with E-state index in [2.05, 4.69) is 34.7 Å². The van der Waals surface area contributed by atoms with E-state index < -0.39 is 0 Å². The predicted octanol–water partition coefficient (Wildman–Crippen LogP) is 1.80. The topological polar surface area (TPSA) is 45.0 Å². The Morgan fingerprint density at radius 3 is 2.30 bits per heavy atom. The second-order valence-corrected chi connectivity index (χ2v) is 6.89. The number of anilines is 2. The van der Waals surface area contributed by atoms with Crippen LogP contribution in [-0.2, 0) is 0 Å². The van der Waals surface area contributed by atoms with E-state index in [1.807, 2.05) is 6.07 Å². The number of piperazine rings is 1. The standard InChI is InChI=1S/C18H30N4O/c1-14-17(5-4-16(19)18(14)23-3)22-8-6-15(7-9-22)21-12-10-20(2)11-13-21/h4-5,15H,6-13,19H2,1-3H3. The zero-order valence-electron chi connectivity index (χ0n) is 14.7. The van der Waals surface area contributed by atoms with Crippen LogP contribution in [0.25, 0.3) is 0 Å². The van der Waals surface area contributed by atoms with Gasteiger partial charge in [0.15, 0.2) is 0 Å². The molecule has 128 valence electrons. The molecule has 5 nitrogen and oxygen atoms in total. The van der Waals surface area contributed by atoms with Crippen molar-refractivity contribution >= 4 is 11.4 Å². The van der Waals surface area contributed by atoms with Gasteiger partial charge in [0, 0.05) is 56.6 Å². The molecule has 0 atom stereocenters. The summed E-state index contributed by atoms with van der Waals surface area (Å²) in [5.74, 6) is 0.823. The van der Waals surface area contributed by atoms with Crippen molar-refractivity contribution in [1.29, 1.82) is 0 Å². The molecule has 0 bridgehead atoms. The maximum atomic E-state index is 6.01. The number of nitrogens with zero attached hydrogens (tertiary/aromatic N) is 3. The highest BCUT2D eigenvalue weighted by atomic mass is 16.5. The van der Waals surface area contributed by atoms with E-state index in [1.54, 1.807) is 7.11 Å². The van der Waals surface area contributed by atoms with Crippen molar-refractivity contribution in [3.63, 3.8) is 0 Å². The summed E-state index contributed by atoms with van der Waals surface area (Å²) >= 11 is 0. The molecular formula is C18H30N4O. The van der Waals surface area contributed by atoms with Crippen LogP contribution < -0.4 is 15.4 Å². The number of likely N-dealkylation sites (N-methyl/N-ethyl adjacent to an activating group) is 1. The average Bonchev–Trinajstić information content (AvgIpc) is 2.56. The van der Waals surface area contributed by atoms with Gasteiger partial charge in [-0.2, -0.15) is 0 Å². The summed E-state index contributed by atoms with van der Waals surface area (Å²) in [7, 11) is 3.92. The fourth-order valence-electron chi connectivity index (χ4n) is 3.97. The number of nitrogens with two attached hydrogens (primary N) is 1. The number of rotatable bonds is 3. The molecule has 1 aromatic carbocycles. The Morgan fingerprint density at radius 2 is 1.70 bits per heavy atom. The third-order valence-corrected chi connectivity index (χ3v) is 5.47. The lowest BCUT2D eigenvalue weighted by molar-refractivity contribution is 0.0982. The molecule has 0 amide bonds. The number of benzene rings is 1. The number of hydrogen-bond donors (Lipinski definition) is 1. The van der Waals surface area contributed by atoms with Gasteiger partial charge >= 0.3 is 0 Å². The Hall–Kier alpha value is -1.46. The van der Waals surface area contributed by atoms with Crippen LogP contribution in [0.15, 0.2) is 12.1 Å². The molecule has 2 heterocycles. The van der Waals surface area contributed by atoms with Crippen LogP contribution in [0.3, 0.4) is 0 Å². The SMILES string of the molecule is COc1c(N)ccc(N2CCC(N3CCN(C)CC3)CC2)c1C. The van der Waals surface area contributed by atoms with Crippen molar-refractivity contribution in [3.8, 4) is 5.75 Å². The van der Waals surface area contributed by atoms with Gasteiger partial charge in [-0.15, -0.1) is 0 Å². The lowest BCUT2D eigenvalue weighted by Gasteiger charge is -2.43. The van der Waals surface area contributed by atoms with E-state index in [9.17, 15) is 0 Å². The fraction of sp³-hybridized carbons (Fsp3) is 0.667. The lowest BCUT2D eigenvalue weighted by Crippen LogP contribution is -2.52. The first-order chi connectivity index (χ1) is 11.1. The van der Waals surface area contributed by atoms with Gasteiger partial charge in [-0.3, -0.25) is 4.90 Å². The van der Waals surface area contributed by atoms with Crippen molar-refractivity contribution in [2.75, 3.05) is 64.1 Å². The predicted molar refractivity (Wildman–Crippen MR) is 96.4 cm³/mol. The van der Waals surface area contributed by atoms with E-state index in [4.69, 9.17) is 10.5 Å². The summed E-state index contributed by atoms with van der Waals surface area (Å²) in [5.41, 5.74) is 9.16. The van der Waals surface area contributed by atoms with Crippen LogP contribution in [0.5, 0.6) is 5.75 Å². The van der Waals surface area contributed by atoms with Gasteiger partial charge < -0.3 is 20.3 Å². The van der Waals surface area contributed by atoms with Crippen LogP contribution in [0.4, 0.5) is 11.4 Å². The molecule has 3 rings (SSSR count). The normalized spacial score (nSPS) is 21.6. The van der Waals surface area contributed by atoms with E-state index in [0.717, 1.165) is 36.1 Å². The van der Waals surface area contributed by atoms with Gasteiger partial charge in [0.1, 0.15) is 5.75 Å².